The Labute approximate surface area is 224 Å². The van der Waals surface area contributed by atoms with Crippen molar-refractivity contribution in [3.8, 4) is 0 Å². The summed E-state index contributed by atoms with van der Waals surface area (Å²) in [7, 11) is 0.157. The topological polar surface area (TPSA) is 142 Å². The van der Waals surface area contributed by atoms with Crippen LogP contribution in [0.15, 0.2) is 24.8 Å². The van der Waals surface area contributed by atoms with E-state index in [0.717, 1.165) is 49.0 Å². The summed E-state index contributed by atoms with van der Waals surface area (Å²) >= 11 is 0. The third kappa shape index (κ3) is 5.25. The monoisotopic (exact) mass is 563 g/mol. The number of sulfonamides is 1. The smallest absolute Gasteiger partial charge is 0.263 e. The van der Waals surface area contributed by atoms with E-state index >= 15 is 4.39 Å². The Bertz CT molecular complexity index is 1480. The van der Waals surface area contributed by atoms with E-state index in [1.165, 1.54) is 10.5 Å². The molecule has 0 radical (unpaired) electrons. The van der Waals surface area contributed by atoms with Gasteiger partial charge < -0.3 is 20.9 Å². The second kappa shape index (κ2) is 10.6. The first-order valence-electron chi connectivity index (χ1n) is 12.7. The Morgan fingerprint density at radius 1 is 1.10 bits per heavy atom. The normalized spacial score (nSPS) is 18.2. The molecule has 0 saturated carbocycles. The van der Waals surface area contributed by atoms with Gasteiger partial charge in [0.2, 0.25) is 10.0 Å². The molecule has 2 fully saturated rings. The van der Waals surface area contributed by atoms with Gasteiger partial charge in [-0.1, -0.05) is 0 Å². The second-order valence-corrected chi connectivity index (χ2v) is 12.3. The lowest BCUT2D eigenvalue weighted by Gasteiger charge is -2.39. The predicted octanol–water partition coefficient (Wildman–Crippen LogP) is 1.56. The van der Waals surface area contributed by atoms with Crippen LogP contribution in [0.1, 0.15) is 36.0 Å². The summed E-state index contributed by atoms with van der Waals surface area (Å²) in [4.78, 5) is 24.8. The van der Waals surface area contributed by atoms with Crippen LogP contribution >= 0.6 is 0 Å². The van der Waals surface area contributed by atoms with E-state index in [1.54, 1.807) is 11.9 Å². The van der Waals surface area contributed by atoms with Gasteiger partial charge in [-0.15, -0.1) is 5.10 Å². The fourth-order valence-corrected chi connectivity index (χ4v) is 7.25. The minimum absolute atomic E-state index is 0.0259. The van der Waals surface area contributed by atoms with Crippen molar-refractivity contribution in [2.45, 2.75) is 37.0 Å². The number of aromatic nitrogens is 4. The predicted molar refractivity (Wildman–Crippen MR) is 142 cm³/mol. The average Bonchev–Trinajstić information content (AvgIpc) is 3.23. The van der Waals surface area contributed by atoms with E-state index < -0.39 is 32.8 Å². The van der Waals surface area contributed by atoms with E-state index in [0.29, 0.717) is 12.8 Å². The van der Waals surface area contributed by atoms with Gasteiger partial charge in [0.1, 0.15) is 11.3 Å². The first kappa shape index (κ1) is 27.1. The number of hydrogen-bond acceptors (Lipinski definition) is 9. The number of anilines is 3. The third-order valence-electron chi connectivity index (χ3n) is 7.60. The van der Waals surface area contributed by atoms with Crippen molar-refractivity contribution in [1.82, 2.24) is 28.8 Å². The largest absolute Gasteiger partial charge is 0.381 e. The molecule has 2 aliphatic rings. The van der Waals surface area contributed by atoms with Crippen LogP contribution in [-0.2, 0) is 10.0 Å². The molecule has 39 heavy (non-hydrogen) atoms. The number of nitrogens with zero attached hydrogens (tertiary/aromatic N) is 7. The number of piperidine rings is 2. The Morgan fingerprint density at radius 3 is 2.49 bits per heavy atom. The Hall–Kier alpha value is -3.43. The lowest BCUT2D eigenvalue weighted by Crippen LogP contribution is -2.50. The minimum Gasteiger partial charge on any atom is -0.381 e. The van der Waals surface area contributed by atoms with Gasteiger partial charge in [0, 0.05) is 26.2 Å². The number of amides is 1. The SMILES string of the molecule is CN1CCC(N(C)S(=O)(=O)C2CCN(c3c(F)cncc3NC(=O)c3c(N)nn4cc(F)cnc34)CC2)CC1. The van der Waals surface area contributed by atoms with Crippen LogP contribution in [0.4, 0.5) is 26.0 Å². The molecule has 0 bridgehead atoms. The Balaban J connectivity index is 1.31. The molecule has 0 spiro atoms. The van der Waals surface area contributed by atoms with Crippen molar-refractivity contribution < 1.29 is 22.0 Å². The molecule has 0 aromatic carbocycles. The fraction of sp³-hybridized carbons (Fsp3) is 0.500. The number of halogens is 2. The fourth-order valence-electron chi connectivity index (χ4n) is 5.35. The maximum Gasteiger partial charge on any atom is 0.263 e. The van der Waals surface area contributed by atoms with E-state index in [2.05, 4.69) is 25.3 Å². The molecular formula is C24H31F2N9O3S. The molecule has 2 saturated heterocycles. The molecular weight excluding hydrogens is 532 g/mol. The number of fused-ring (bicyclic) bond motifs is 1. The highest BCUT2D eigenvalue weighted by Gasteiger charge is 2.37. The summed E-state index contributed by atoms with van der Waals surface area (Å²) in [5.74, 6) is -2.20. The van der Waals surface area contributed by atoms with Crippen LogP contribution in [0.2, 0.25) is 0 Å². The molecule has 0 atom stereocenters. The molecule has 5 rings (SSSR count). The summed E-state index contributed by atoms with van der Waals surface area (Å²) in [5.41, 5.74) is 6.03. The molecule has 12 nitrogen and oxygen atoms in total. The van der Waals surface area contributed by atoms with Crippen molar-refractivity contribution >= 4 is 38.8 Å². The number of nitrogens with one attached hydrogen (secondary N) is 1. The highest BCUT2D eigenvalue weighted by atomic mass is 32.2. The molecule has 3 aromatic heterocycles. The molecule has 5 heterocycles. The number of rotatable bonds is 6. The van der Waals surface area contributed by atoms with Gasteiger partial charge in [0.05, 0.1) is 35.7 Å². The quantitative estimate of drug-likeness (QED) is 0.457. The zero-order valence-electron chi connectivity index (χ0n) is 21.7. The van der Waals surface area contributed by atoms with Gasteiger partial charge in [-0.25, -0.2) is 31.0 Å². The van der Waals surface area contributed by atoms with Crippen LogP contribution in [0.5, 0.6) is 0 Å². The van der Waals surface area contributed by atoms with E-state index in [1.807, 2.05) is 7.05 Å². The number of pyridine rings is 1. The zero-order chi connectivity index (χ0) is 27.9. The van der Waals surface area contributed by atoms with Crippen LogP contribution in [0.3, 0.4) is 0 Å². The maximum absolute atomic E-state index is 15.1. The second-order valence-electron chi connectivity index (χ2n) is 10.1. The van der Waals surface area contributed by atoms with Crippen molar-refractivity contribution in [1.29, 1.82) is 0 Å². The van der Waals surface area contributed by atoms with Crippen LogP contribution in [0.25, 0.3) is 5.65 Å². The summed E-state index contributed by atoms with van der Waals surface area (Å²) in [6.07, 6.45) is 6.52. The van der Waals surface area contributed by atoms with E-state index in [9.17, 15) is 17.6 Å². The number of hydrogen-bond donors (Lipinski definition) is 2. The molecule has 1 amide bonds. The number of nitrogens with two attached hydrogens (primary N) is 1. The molecule has 3 aromatic rings. The van der Waals surface area contributed by atoms with Gasteiger partial charge >= 0.3 is 0 Å². The lowest BCUT2D eigenvalue weighted by molar-refractivity contribution is 0.102. The van der Waals surface area contributed by atoms with Crippen LogP contribution in [-0.4, -0.2) is 94.7 Å². The Kier molecular flexibility index (Phi) is 7.39. The first-order valence-corrected chi connectivity index (χ1v) is 14.2. The van der Waals surface area contributed by atoms with Crippen molar-refractivity contribution in [3.05, 3.63) is 42.0 Å². The summed E-state index contributed by atoms with van der Waals surface area (Å²) < 4.78 is 57.9. The molecule has 210 valence electrons. The number of nitrogen functional groups attached to an aromatic ring is 1. The van der Waals surface area contributed by atoms with Gasteiger partial charge in [-0.05, 0) is 45.8 Å². The molecule has 15 heteroatoms. The standard InChI is InChI=1S/C24H31F2N9O3S/c1-32-7-3-16(4-8-32)33(2)39(37,38)17-5-9-34(10-6-17)21-18(26)12-28-13-19(21)30-24(36)20-22(27)31-35-14-15(25)11-29-23(20)35/h11-14,16-17H,3-10H2,1-2H3,(H2,27,31)(H,30,36). The molecule has 0 unspecified atom stereocenters. The molecule has 2 aliphatic heterocycles. The van der Waals surface area contributed by atoms with Crippen molar-refractivity contribution in [2.75, 3.05) is 56.2 Å². The van der Waals surface area contributed by atoms with E-state index in [-0.39, 0.29) is 47.5 Å². The highest BCUT2D eigenvalue weighted by molar-refractivity contribution is 7.89. The van der Waals surface area contributed by atoms with Gasteiger partial charge in [-0.2, -0.15) is 0 Å². The van der Waals surface area contributed by atoms with Crippen molar-refractivity contribution in [2.24, 2.45) is 0 Å². The minimum atomic E-state index is -3.53. The number of carbonyl (C=O) groups excluding carboxylic acids is 1. The van der Waals surface area contributed by atoms with Crippen molar-refractivity contribution in [3.63, 3.8) is 0 Å². The molecule has 3 N–H and O–H groups in total. The van der Waals surface area contributed by atoms with Gasteiger partial charge in [0.25, 0.3) is 5.91 Å². The number of likely N-dealkylation sites (tertiary alicyclic amines) is 1. The van der Waals surface area contributed by atoms with Gasteiger partial charge in [-0.3, -0.25) is 9.78 Å². The zero-order valence-corrected chi connectivity index (χ0v) is 22.5. The maximum atomic E-state index is 15.1. The number of carbonyl (C=O) groups is 1. The summed E-state index contributed by atoms with van der Waals surface area (Å²) in [6.45, 7) is 2.25. The Morgan fingerprint density at radius 2 is 1.79 bits per heavy atom. The summed E-state index contributed by atoms with van der Waals surface area (Å²) in [5, 5.41) is 5.96. The first-order chi connectivity index (χ1) is 18.6. The highest BCUT2D eigenvalue weighted by Crippen LogP contribution is 2.33. The van der Waals surface area contributed by atoms with E-state index in [4.69, 9.17) is 5.73 Å². The van der Waals surface area contributed by atoms with Gasteiger partial charge in [0.15, 0.2) is 23.1 Å². The van der Waals surface area contributed by atoms with Crippen LogP contribution in [0, 0.1) is 11.6 Å². The lowest BCUT2D eigenvalue weighted by atomic mass is 10.1. The summed E-state index contributed by atoms with van der Waals surface area (Å²) in [6, 6.07) is -0.0259. The van der Waals surface area contributed by atoms with Crippen LogP contribution < -0.4 is 16.0 Å². The average molecular weight is 564 g/mol. The molecule has 0 aliphatic carbocycles. The third-order valence-corrected chi connectivity index (χ3v) is 10.0.